The van der Waals surface area contributed by atoms with Crippen molar-refractivity contribution < 1.29 is 41.7 Å². The Balaban J connectivity index is 0.000000119. The van der Waals surface area contributed by atoms with Gasteiger partial charge in [0.15, 0.2) is 0 Å². The number of carbonyl (C=O) groups excluding carboxylic acids is 2. The van der Waals surface area contributed by atoms with Crippen LogP contribution in [0.3, 0.4) is 0 Å². The normalized spacial score (nSPS) is 12.6. The summed E-state index contributed by atoms with van der Waals surface area (Å²) >= 11 is 0. The van der Waals surface area contributed by atoms with Crippen molar-refractivity contribution >= 4 is 88.3 Å². The molecule has 11 aromatic carbocycles. The van der Waals surface area contributed by atoms with Gasteiger partial charge in [0.25, 0.3) is 38.9 Å². The molecule has 0 bridgehead atoms. The van der Waals surface area contributed by atoms with E-state index >= 15 is 0 Å². The monoisotopic (exact) mass is 1800 g/mol. The van der Waals surface area contributed by atoms with E-state index in [-0.39, 0.29) is 56.6 Å². The lowest BCUT2D eigenvalue weighted by atomic mass is 9.89. The van der Waals surface area contributed by atoms with Crippen LogP contribution < -0.4 is 48.4 Å². The zero-order chi connectivity index (χ0) is 92.9. The summed E-state index contributed by atoms with van der Waals surface area (Å²) in [6.45, 7) is 4.46. The van der Waals surface area contributed by atoms with Gasteiger partial charge in [-0.15, -0.1) is 13.2 Å². The van der Waals surface area contributed by atoms with E-state index < -0.39 is 6.36 Å². The molecule has 19 aromatic rings. The van der Waals surface area contributed by atoms with E-state index in [4.69, 9.17) is 9.47 Å². The van der Waals surface area contributed by atoms with E-state index in [0.29, 0.717) is 70.8 Å². The van der Waals surface area contributed by atoms with Crippen LogP contribution in [-0.4, -0.2) is 113 Å². The molecule has 28 nitrogen and oxygen atoms in total. The largest absolute Gasteiger partial charge is 0.573 e. The van der Waals surface area contributed by atoms with Crippen molar-refractivity contribution in [3.05, 3.63) is 403 Å². The number of alkyl halides is 3. The van der Waals surface area contributed by atoms with Gasteiger partial charge in [0.1, 0.15) is 11.5 Å². The standard InChI is InChI=1S/2C16H14N2O3.C15H11F3N2O2.C15H14N2O2.C14H18N2O.C13H11N3O.C13H16N2O/c1-21-16(20)12-6-4-5-11(9-12)10-18-14-8-3-2-7-13(14)15(19)17-18;1-21-16(20)12-8-6-11(7-9-12)10-18-14-5-3-2-4-13(14)15(19)17-18;16-15(17,18)22-11-7-5-10(6-8-11)9-20-13-4-2-1-3-12(13)14(21)19-20;1-19-12-6-4-5-11(9-12)10-17-14-8-3-2-7-13(14)15(18)16-17;17-14-12-8-4-5-9-13(12)16(15-14)10-11-6-2-1-3-7-11;17-13-11-6-1-2-7-12(11)16(15-13)9-10-5-3-4-8-14-10;16-13-11-7-3-4-8-12(11)15(14-13)9-10-5-1-2-6-10/h2*2-9H,10H2,1H3,(H,17,19);1-8H,9H2,(H,19,21);2-9H,10H2,1H3,(H,16,18);4-5,8-9,11H,1-3,6-7,10H2,(H,15,17);1-8H,9H2,(H,15,17);3-4,7-8,10H,1-2,5-6,9H2,(H,14,16). The Hall–Kier alpha value is -16.2. The lowest BCUT2D eigenvalue weighted by molar-refractivity contribution is -0.274. The fraction of sp³-hybridized carbons (Fsp3) is 0.216. The van der Waals surface area contributed by atoms with Crippen LogP contribution in [0.25, 0.3) is 76.3 Å². The molecule has 0 amide bonds. The van der Waals surface area contributed by atoms with Gasteiger partial charge < -0.3 is 18.9 Å². The number of hydrogen-bond acceptors (Lipinski definition) is 14. The van der Waals surface area contributed by atoms with E-state index in [1.807, 2.05) is 219 Å². The average molecular weight is 1800 g/mol. The first-order valence-electron chi connectivity index (χ1n) is 43.6. The van der Waals surface area contributed by atoms with Gasteiger partial charge in [-0.1, -0.05) is 172 Å². The van der Waals surface area contributed by atoms with Gasteiger partial charge in [-0.05, 0) is 205 Å². The van der Waals surface area contributed by atoms with Gasteiger partial charge in [-0.3, -0.25) is 107 Å². The molecule has 0 atom stereocenters. The van der Waals surface area contributed by atoms with Crippen molar-refractivity contribution in [1.82, 2.24) is 73.4 Å². The predicted molar refractivity (Wildman–Crippen MR) is 508 cm³/mol. The molecular weight excluding hydrogens is 1700 g/mol. The fourth-order valence-electron chi connectivity index (χ4n) is 16.7. The first-order valence-corrected chi connectivity index (χ1v) is 43.6. The van der Waals surface area contributed by atoms with Crippen LogP contribution in [0.5, 0.6) is 11.5 Å². The highest BCUT2D eigenvalue weighted by molar-refractivity contribution is 5.90. The van der Waals surface area contributed by atoms with Crippen molar-refractivity contribution in [2.75, 3.05) is 21.3 Å². The molecule has 8 aromatic heterocycles. The third-order valence-electron chi connectivity index (χ3n) is 23.2. The molecule has 2 saturated carbocycles. The van der Waals surface area contributed by atoms with E-state index in [9.17, 15) is 56.3 Å². The maximum Gasteiger partial charge on any atom is 0.573 e. The number of halogens is 3. The van der Waals surface area contributed by atoms with E-state index in [1.165, 1.54) is 96.3 Å². The molecule has 21 rings (SSSR count). The smallest absolute Gasteiger partial charge is 0.497 e. The third kappa shape index (κ3) is 23.1. The van der Waals surface area contributed by atoms with Crippen LogP contribution in [0.15, 0.2) is 325 Å². The number of H-pyrrole nitrogens is 7. The third-order valence-corrected chi connectivity index (χ3v) is 23.2. The summed E-state index contributed by atoms with van der Waals surface area (Å²) in [5, 5.41) is 24.8. The number of nitrogens with zero attached hydrogens (tertiary/aromatic N) is 8. The number of carbonyl (C=O) groups is 2. The molecule has 2 fully saturated rings. The molecule has 0 radical (unpaired) electrons. The lowest BCUT2D eigenvalue weighted by Gasteiger charge is -2.21. The Morgan fingerprint density at radius 3 is 0.977 bits per heavy atom. The molecule has 133 heavy (non-hydrogen) atoms. The van der Waals surface area contributed by atoms with Crippen molar-refractivity contribution in [3.8, 4) is 11.5 Å². The Morgan fingerprint density at radius 2 is 0.624 bits per heavy atom. The second kappa shape index (κ2) is 42.8. The van der Waals surface area contributed by atoms with E-state index in [1.54, 1.807) is 88.0 Å². The van der Waals surface area contributed by atoms with Crippen LogP contribution >= 0.6 is 0 Å². The maximum atomic E-state index is 12.1. The molecule has 0 saturated heterocycles. The zero-order valence-electron chi connectivity index (χ0n) is 73.2. The number of aromatic amines is 7. The second-order valence-corrected chi connectivity index (χ2v) is 32.3. The maximum absolute atomic E-state index is 12.1. The molecule has 31 heteroatoms. The first-order chi connectivity index (χ1) is 64.6. The van der Waals surface area contributed by atoms with Gasteiger partial charge >= 0.3 is 18.3 Å². The van der Waals surface area contributed by atoms with E-state index in [0.717, 1.165) is 108 Å². The molecule has 2 aliphatic rings. The van der Waals surface area contributed by atoms with Crippen molar-refractivity contribution in [1.29, 1.82) is 0 Å². The summed E-state index contributed by atoms with van der Waals surface area (Å²) < 4.78 is 67.6. The Kier molecular flexibility index (Phi) is 29.5. The summed E-state index contributed by atoms with van der Waals surface area (Å²) in [6, 6.07) is 86.0. The van der Waals surface area contributed by atoms with Crippen LogP contribution in [-0.2, 0) is 55.3 Å². The highest BCUT2D eigenvalue weighted by atomic mass is 19.4. The Labute approximate surface area is 756 Å². The lowest BCUT2D eigenvalue weighted by Crippen LogP contribution is -2.17. The molecular formula is C102H98F3N15O13. The summed E-state index contributed by atoms with van der Waals surface area (Å²) in [5.41, 5.74) is 11.5. The summed E-state index contributed by atoms with van der Waals surface area (Å²) in [6.07, 6.45) is 8.98. The SMILES string of the molecule is COC(=O)c1ccc(Cn2[nH]c(=O)c3ccccc32)cc1.COC(=O)c1cccc(Cn2[nH]c(=O)c3ccccc32)c1.COc1cccc(Cn2[nH]c(=O)c3ccccc32)c1.O=c1[nH]n(CC2CCCC2)c2ccccc12.O=c1[nH]n(CC2CCCCC2)c2ccccc12.O=c1[nH]n(Cc2ccc(OC(F)(F)F)cc2)c2ccccc12.O=c1[nH]n(Cc2ccccn2)c2ccccc12. The highest BCUT2D eigenvalue weighted by Gasteiger charge is 2.31. The number of aromatic nitrogens is 15. The van der Waals surface area contributed by atoms with Gasteiger partial charge in [0.2, 0.25) is 0 Å². The van der Waals surface area contributed by atoms with Gasteiger partial charge in [-0.2, -0.15) is 0 Å². The van der Waals surface area contributed by atoms with Crippen LogP contribution in [0.4, 0.5) is 13.2 Å². The minimum atomic E-state index is -4.70. The number of pyridine rings is 1. The first kappa shape index (κ1) is 91.5. The quantitative estimate of drug-likeness (QED) is 0.0393. The Bertz CT molecular complexity index is 7660. The number of rotatable bonds is 18. The van der Waals surface area contributed by atoms with Gasteiger partial charge in [-0.25, -0.2) is 9.59 Å². The van der Waals surface area contributed by atoms with Crippen LogP contribution in [0.1, 0.15) is 106 Å². The molecule has 0 spiro atoms. The number of esters is 2. The van der Waals surface area contributed by atoms with Crippen molar-refractivity contribution in [2.24, 2.45) is 11.8 Å². The number of para-hydroxylation sites is 7. The molecule has 0 unspecified atom stereocenters. The number of hydrogen-bond donors (Lipinski definition) is 7. The summed E-state index contributed by atoms with van der Waals surface area (Å²) in [5.74, 6) is 1.28. The zero-order valence-corrected chi connectivity index (χ0v) is 73.2. The topological polar surface area (TPSA) is 348 Å². The number of methoxy groups -OCH3 is 3. The average Bonchev–Trinajstić information content (AvgIpc) is 1.73. The van der Waals surface area contributed by atoms with Crippen LogP contribution in [0.2, 0.25) is 0 Å². The summed E-state index contributed by atoms with van der Waals surface area (Å²) in [4.78, 5) is 110. The number of ether oxygens (including phenoxy) is 4. The molecule has 8 heterocycles. The second-order valence-electron chi connectivity index (χ2n) is 32.3. The van der Waals surface area contributed by atoms with Crippen molar-refractivity contribution in [3.63, 3.8) is 0 Å². The predicted octanol–water partition coefficient (Wildman–Crippen LogP) is 17.2. The number of fused-ring (bicyclic) bond motifs is 7. The fourth-order valence-corrected chi connectivity index (χ4v) is 16.7. The molecule has 680 valence electrons. The van der Waals surface area contributed by atoms with E-state index in [2.05, 4.69) is 50.1 Å². The summed E-state index contributed by atoms with van der Waals surface area (Å²) in [7, 11) is 4.35. The van der Waals surface area contributed by atoms with Gasteiger partial charge in [0.05, 0.1) is 147 Å². The molecule has 2 aliphatic carbocycles. The highest BCUT2D eigenvalue weighted by Crippen LogP contribution is 2.30. The molecule has 7 N–H and O–H groups in total. The number of nitrogens with one attached hydrogen (secondary N) is 7. The van der Waals surface area contributed by atoms with Crippen molar-refractivity contribution in [2.45, 2.75) is 110 Å². The Morgan fingerprint density at radius 1 is 0.316 bits per heavy atom. The van der Waals surface area contributed by atoms with Crippen LogP contribution in [0, 0.1) is 11.8 Å². The minimum absolute atomic E-state index is 0.0357. The minimum Gasteiger partial charge on any atom is -0.497 e. The number of benzene rings is 11. The van der Waals surface area contributed by atoms with Gasteiger partial charge in [0, 0.05) is 19.3 Å². The molecule has 0 aliphatic heterocycles.